The average Bonchev–Trinajstić information content (AvgIpc) is 2.67. The van der Waals surface area contributed by atoms with Crippen molar-refractivity contribution in [2.45, 2.75) is 46.0 Å². The van der Waals surface area contributed by atoms with E-state index in [1.54, 1.807) is 19.0 Å². The fraction of sp³-hybridized carbons (Fsp3) is 0.636. The lowest BCUT2D eigenvalue weighted by atomic mass is 9.83. The molecule has 27 heavy (non-hydrogen) atoms. The highest BCUT2D eigenvalue weighted by Gasteiger charge is 2.17. The van der Waals surface area contributed by atoms with Crippen molar-refractivity contribution < 1.29 is 4.79 Å². The van der Waals surface area contributed by atoms with Gasteiger partial charge < -0.3 is 15.5 Å². The van der Waals surface area contributed by atoms with E-state index in [0.29, 0.717) is 0 Å². The summed E-state index contributed by atoms with van der Waals surface area (Å²) in [6, 6.07) is 7.88. The van der Waals surface area contributed by atoms with Crippen LogP contribution in [0.2, 0.25) is 0 Å². The number of amides is 1. The van der Waals surface area contributed by atoms with Gasteiger partial charge in [-0.25, -0.2) is 0 Å². The zero-order chi connectivity index (χ0) is 19.6. The molecule has 5 heteroatoms. The molecule has 0 heterocycles. The van der Waals surface area contributed by atoms with Crippen molar-refractivity contribution in [2.24, 2.45) is 16.8 Å². The quantitative estimate of drug-likeness (QED) is 0.570. The molecule has 1 aliphatic carbocycles. The third-order valence-corrected chi connectivity index (χ3v) is 5.27. The van der Waals surface area contributed by atoms with Crippen LogP contribution in [0.15, 0.2) is 29.3 Å². The summed E-state index contributed by atoms with van der Waals surface area (Å²) >= 11 is 0. The van der Waals surface area contributed by atoms with E-state index in [-0.39, 0.29) is 5.91 Å². The van der Waals surface area contributed by atoms with Crippen LogP contribution in [0, 0.1) is 11.8 Å². The summed E-state index contributed by atoms with van der Waals surface area (Å²) in [5.41, 5.74) is 1.90. The standard InChI is InChI=1S/C22H36N4O/c1-5-23-22(25-16-19-11-9-17(2)10-12-19)24-14-13-18-7-6-8-20(15-18)21(27)26(3)4/h6-8,15,17,19H,5,9-14,16H2,1-4H3,(H2,23,24,25). The second-order valence-corrected chi connectivity index (χ2v) is 7.92. The van der Waals surface area contributed by atoms with E-state index in [9.17, 15) is 4.79 Å². The molecular weight excluding hydrogens is 336 g/mol. The second kappa shape index (κ2) is 11.0. The van der Waals surface area contributed by atoms with Gasteiger partial charge in [0.05, 0.1) is 0 Å². The maximum atomic E-state index is 12.1. The first kappa shape index (κ1) is 21.3. The summed E-state index contributed by atoms with van der Waals surface area (Å²) in [6.07, 6.45) is 6.14. The van der Waals surface area contributed by atoms with Crippen LogP contribution >= 0.6 is 0 Å². The highest BCUT2D eigenvalue weighted by Crippen LogP contribution is 2.28. The molecule has 1 aromatic rings. The summed E-state index contributed by atoms with van der Waals surface area (Å²) < 4.78 is 0. The number of carbonyl (C=O) groups is 1. The molecule has 0 unspecified atom stereocenters. The molecule has 5 nitrogen and oxygen atoms in total. The van der Waals surface area contributed by atoms with Crippen LogP contribution in [-0.2, 0) is 6.42 Å². The van der Waals surface area contributed by atoms with E-state index in [1.165, 1.54) is 25.7 Å². The molecule has 1 aliphatic rings. The van der Waals surface area contributed by atoms with Gasteiger partial charge in [-0.3, -0.25) is 9.79 Å². The summed E-state index contributed by atoms with van der Waals surface area (Å²) in [5, 5.41) is 6.77. The number of guanidine groups is 1. The maximum absolute atomic E-state index is 12.1. The van der Waals surface area contributed by atoms with E-state index in [0.717, 1.165) is 55.0 Å². The van der Waals surface area contributed by atoms with E-state index in [1.807, 2.05) is 18.2 Å². The predicted octanol–water partition coefficient (Wildman–Crippen LogP) is 3.31. The number of aliphatic imine (C=N–C) groups is 1. The Bertz CT molecular complexity index is 618. The molecule has 1 saturated carbocycles. The van der Waals surface area contributed by atoms with Gasteiger partial charge in [0.25, 0.3) is 5.91 Å². The van der Waals surface area contributed by atoms with Crippen LogP contribution in [0.4, 0.5) is 0 Å². The Labute approximate surface area is 164 Å². The lowest BCUT2D eigenvalue weighted by Gasteiger charge is -2.25. The van der Waals surface area contributed by atoms with Gasteiger partial charge in [0, 0.05) is 39.3 Å². The smallest absolute Gasteiger partial charge is 0.253 e. The third-order valence-electron chi connectivity index (χ3n) is 5.27. The number of nitrogens with one attached hydrogen (secondary N) is 2. The second-order valence-electron chi connectivity index (χ2n) is 7.92. The normalized spacial score (nSPS) is 20.2. The summed E-state index contributed by atoms with van der Waals surface area (Å²) in [7, 11) is 3.56. The molecular formula is C22H36N4O. The number of hydrogen-bond acceptors (Lipinski definition) is 2. The van der Waals surface area contributed by atoms with Crippen LogP contribution in [-0.4, -0.2) is 50.5 Å². The lowest BCUT2D eigenvalue weighted by Crippen LogP contribution is -2.38. The summed E-state index contributed by atoms with van der Waals surface area (Å²) in [5.74, 6) is 2.55. The molecule has 1 aromatic carbocycles. The van der Waals surface area contributed by atoms with Crippen molar-refractivity contribution >= 4 is 11.9 Å². The molecule has 0 bridgehead atoms. The minimum atomic E-state index is 0.0431. The fourth-order valence-electron chi connectivity index (χ4n) is 3.52. The average molecular weight is 373 g/mol. The predicted molar refractivity (Wildman–Crippen MR) is 113 cm³/mol. The Kier molecular flexibility index (Phi) is 8.62. The first-order valence-corrected chi connectivity index (χ1v) is 10.3. The SMILES string of the molecule is CCNC(=NCC1CCC(C)CC1)NCCc1cccc(C(=O)N(C)C)c1. The zero-order valence-electron chi connectivity index (χ0n) is 17.4. The number of hydrogen-bond donors (Lipinski definition) is 2. The van der Waals surface area contributed by atoms with Crippen molar-refractivity contribution in [3.05, 3.63) is 35.4 Å². The van der Waals surface area contributed by atoms with Gasteiger partial charge >= 0.3 is 0 Å². The molecule has 1 amide bonds. The minimum Gasteiger partial charge on any atom is -0.357 e. The Morgan fingerprint density at radius 1 is 1.19 bits per heavy atom. The first-order chi connectivity index (χ1) is 13.0. The Morgan fingerprint density at radius 2 is 1.93 bits per heavy atom. The number of benzene rings is 1. The van der Waals surface area contributed by atoms with Gasteiger partial charge in [0.15, 0.2) is 5.96 Å². The molecule has 0 saturated heterocycles. The highest BCUT2D eigenvalue weighted by molar-refractivity contribution is 5.94. The molecule has 2 rings (SSSR count). The highest BCUT2D eigenvalue weighted by atomic mass is 16.2. The van der Waals surface area contributed by atoms with Crippen LogP contribution in [0.5, 0.6) is 0 Å². The molecule has 0 spiro atoms. The van der Waals surface area contributed by atoms with E-state index >= 15 is 0 Å². The number of rotatable bonds is 7. The van der Waals surface area contributed by atoms with Crippen LogP contribution in [0.3, 0.4) is 0 Å². The van der Waals surface area contributed by atoms with Gasteiger partial charge in [-0.1, -0.05) is 31.9 Å². The van der Waals surface area contributed by atoms with Crippen molar-refractivity contribution in [3.63, 3.8) is 0 Å². The molecule has 1 fully saturated rings. The molecule has 0 radical (unpaired) electrons. The third kappa shape index (κ3) is 7.24. The maximum Gasteiger partial charge on any atom is 0.253 e. The molecule has 0 atom stereocenters. The summed E-state index contributed by atoms with van der Waals surface area (Å²) in [6.45, 7) is 7.02. The van der Waals surface area contributed by atoms with Crippen molar-refractivity contribution in [1.82, 2.24) is 15.5 Å². The Hall–Kier alpha value is -2.04. The lowest BCUT2D eigenvalue weighted by molar-refractivity contribution is 0.0827. The zero-order valence-corrected chi connectivity index (χ0v) is 17.4. The molecule has 0 aromatic heterocycles. The van der Waals surface area contributed by atoms with Crippen LogP contribution in [0.25, 0.3) is 0 Å². The van der Waals surface area contributed by atoms with Crippen LogP contribution in [0.1, 0.15) is 55.5 Å². The van der Waals surface area contributed by atoms with E-state index < -0.39 is 0 Å². The Balaban J connectivity index is 1.84. The van der Waals surface area contributed by atoms with Crippen molar-refractivity contribution in [1.29, 1.82) is 0 Å². The molecule has 0 aliphatic heterocycles. The van der Waals surface area contributed by atoms with Gasteiger partial charge in [-0.05, 0) is 55.7 Å². The van der Waals surface area contributed by atoms with Gasteiger partial charge in [-0.15, -0.1) is 0 Å². The number of carbonyl (C=O) groups excluding carboxylic acids is 1. The van der Waals surface area contributed by atoms with Gasteiger partial charge in [-0.2, -0.15) is 0 Å². The largest absolute Gasteiger partial charge is 0.357 e. The molecule has 2 N–H and O–H groups in total. The van der Waals surface area contributed by atoms with Gasteiger partial charge in [0.1, 0.15) is 0 Å². The molecule has 150 valence electrons. The number of nitrogens with zero attached hydrogens (tertiary/aromatic N) is 2. The monoisotopic (exact) mass is 372 g/mol. The van der Waals surface area contributed by atoms with Crippen molar-refractivity contribution in [3.8, 4) is 0 Å². The van der Waals surface area contributed by atoms with Crippen LogP contribution < -0.4 is 10.6 Å². The Morgan fingerprint density at radius 3 is 2.59 bits per heavy atom. The van der Waals surface area contributed by atoms with E-state index in [2.05, 4.69) is 30.5 Å². The first-order valence-electron chi connectivity index (χ1n) is 10.3. The topological polar surface area (TPSA) is 56.7 Å². The van der Waals surface area contributed by atoms with E-state index in [4.69, 9.17) is 4.99 Å². The fourth-order valence-corrected chi connectivity index (χ4v) is 3.52. The minimum absolute atomic E-state index is 0.0431. The van der Waals surface area contributed by atoms with Crippen molar-refractivity contribution in [2.75, 3.05) is 33.7 Å². The summed E-state index contributed by atoms with van der Waals surface area (Å²) in [4.78, 5) is 18.5. The van der Waals surface area contributed by atoms with Gasteiger partial charge in [0.2, 0.25) is 0 Å².